The fraction of sp³-hybridized carbons (Fsp3) is 0.133. The number of rotatable bonds is 4. The third-order valence-electron chi connectivity index (χ3n) is 2.83. The van der Waals surface area contributed by atoms with Crippen molar-refractivity contribution in [2.45, 2.75) is 13.5 Å². The van der Waals surface area contributed by atoms with Gasteiger partial charge in [-0.25, -0.2) is 4.39 Å². The van der Waals surface area contributed by atoms with Crippen LogP contribution in [-0.4, -0.2) is 10.9 Å². The highest BCUT2D eigenvalue weighted by atomic mass is 35.5. The molecule has 0 heterocycles. The maximum absolute atomic E-state index is 13.3. The Morgan fingerprint density at radius 3 is 2.80 bits per heavy atom. The van der Waals surface area contributed by atoms with E-state index >= 15 is 0 Å². The van der Waals surface area contributed by atoms with Crippen molar-refractivity contribution >= 4 is 17.3 Å². The maximum Gasteiger partial charge on any atom is 0.142 e. The number of oxime groups is 1. The maximum atomic E-state index is 13.3. The van der Waals surface area contributed by atoms with E-state index in [1.807, 2.05) is 0 Å². The molecule has 0 aliphatic rings. The summed E-state index contributed by atoms with van der Waals surface area (Å²) in [5.41, 5.74) is 1.80. The minimum absolute atomic E-state index is 0.0664. The minimum Gasteiger partial charge on any atom is -0.489 e. The van der Waals surface area contributed by atoms with Crippen LogP contribution in [0.25, 0.3) is 0 Å². The van der Waals surface area contributed by atoms with E-state index in [0.717, 1.165) is 5.56 Å². The lowest BCUT2D eigenvalue weighted by Gasteiger charge is -2.09. The summed E-state index contributed by atoms with van der Waals surface area (Å²) in [5, 5.41) is 11.9. The van der Waals surface area contributed by atoms with Gasteiger partial charge in [-0.1, -0.05) is 41.0 Å². The fourth-order valence-corrected chi connectivity index (χ4v) is 1.87. The van der Waals surface area contributed by atoms with Gasteiger partial charge in [-0.2, -0.15) is 0 Å². The van der Waals surface area contributed by atoms with Crippen LogP contribution in [0.5, 0.6) is 5.75 Å². The number of hydrogen-bond acceptors (Lipinski definition) is 3. The molecule has 0 unspecified atom stereocenters. The van der Waals surface area contributed by atoms with E-state index < -0.39 is 5.82 Å². The molecule has 0 saturated heterocycles. The van der Waals surface area contributed by atoms with Gasteiger partial charge in [-0.3, -0.25) is 0 Å². The molecule has 104 valence electrons. The standard InChI is InChI=1S/C15H13ClFNO2/c1-10(18-19)11-4-2-6-13(8-11)20-9-12-5-3-7-14(17)15(12)16/h2-8,19H,9H2,1H3/b18-10-. The summed E-state index contributed by atoms with van der Waals surface area (Å²) in [6.45, 7) is 1.85. The predicted molar refractivity (Wildman–Crippen MR) is 76.2 cm³/mol. The molecule has 0 bridgehead atoms. The second-order valence-electron chi connectivity index (χ2n) is 4.21. The zero-order valence-corrected chi connectivity index (χ0v) is 11.6. The smallest absolute Gasteiger partial charge is 0.142 e. The van der Waals surface area contributed by atoms with Crippen molar-refractivity contribution in [3.05, 3.63) is 64.4 Å². The first-order valence-electron chi connectivity index (χ1n) is 5.96. The molecule has 3 nitrogen and oxygen atoms in total. The van der Waals surface area contributed by atoms with Gasteiger partial charge in [0, 0.05) is 11.1 Å². The van der Waals surface area contributed by atoms with Gasteiger partial charge in [-0.15, -0.1) is 0 Å². The van der Waals surface area contributed by atoms with Crippen LogP contribution in [-0.2, 0) is 6.61 Å². The second kappa shape index (κ2) is 6.39. The largest absolute Gasteiger partial charge is 0.489 e. The van der Waals surface area contributed by atoms with Crippen molar-refractivity contribution in [3.8, 4) is 5.75 Å². The molecule has 20 heavy (non-hydrogen) atoms. The molecule has 0 aliphatic carbocycles. The molecule has 0 radical (unpaired) electrons. The Morgan fingerprint density at radius 2 is 2.05 bits per heavy atom. The molecule has 0 saturated carbocycles. The Labute approximate surface area is 121 Å². The van der Waals surface area contributed by atoms with Crippen molar-refractivity contribution < 1.29 is 14.3 Å². The lowest BCUT2D eigenvalue weighted by molar-refractivity contribution is 0.305. The van der Waals surface area contributed by atoms with Crippen molar-refractivity contribution in [2.24, 2.45) is 5.16 Å². The van der Waals surface area contributed by atoms with Gasteiger partial charge in [0.15, 0.2) is 0 Å². The van der Waals surface area contributed by atoms with Gasteiger partial charge >= 0.3 is 0 Å². The summed E-state index contributed by atoms with van der Waals surface area (Å²) in [6.07, 6.45) is 0. The van der Waals surface area contributed by atoms with Crippen LogP contribution in [0, 0.1) is 5.82 Å². The van der Waals surface area contributed by atoms with Crippen molar-refractivity contribution in [3.63, 3.8) is 0 Å². The Kier molecular flexibility index (Phi) is 4.58. The van der Waals surface area contributed by atoms with Gasteiger partial charge < -0.3 is 9.94 Å². The SMILES string of the molecule is C/C(=N/O)c1cccc(OCc2cccc(F)c2Cl)c1. The second-order valence-corrected chi connectivity index (χ2v) is 4.59. The van der Waals surface area contributed by atoms with Gasteiger partial charge in [0.25, 0.3) is 0 Å². The Hall–Kier alpha value is -2.07. The van der Waals surface area contributed by atoms with Crippen LogP contribution in [0.1, 0.15) is 18.1 Å². The third kappa shape index (κ3) is 3.27. The van der Waals surface area contributed by atoms with Crippen LogP contribution in [0.2, 0.25) is 5.02 Å². The van der Waals surface area contributed by atoms with E-state index in [-0.39, 0.29) is 11.6 Å². The van der Waals surface area contributed by atoms with Crippen LogP contribution >= 0.6 is 11.6 Å². The molecule has 0 aliphatic heterocycles. The van der Waals surface area contributed by atoms with E-state index in [4.69, 9.17) is 21.5 Å². The quantitative estimate of drug-likeness (QED) is 0.520. The molecule has 0 aromatic heterocycles. The van der Waals surface area contributed by atoms with Crippen molar-refractivity contribution in [1.29, 1.82) is 0 Å². The Balaban J connectivity index is 2.13. The lowest BCUT2D eigenvalue weighted by atomic mass is 10.1. The number of benzene rings is 2. The van der Waals surface area contributed by atoms with Gasteiger partial charge in [-0.05, 0) is 25.1 Å². The molecule has 2 aromatic rings. The van der Waals surface area contributed by atoms with Crippen molar-refractivity contribution in [1.82, 2.24) is 0 Å². The monoisotopic (exact) mass is 293 g/mol. The fourth-order valence-electron chi connectivity index (χ4n) is 1.69. The number of nitrogens with zero attached hydrogens (tertiary/aromatic N) is 1. The zero-order chi connectivity index (χ0) is 14.5. The Bertz CT molecular complexity index is 644. The van der Waals surface area contributed by atoms with Crippen LogP contribution in [0.15, 0.2) is 47.6 Å². The van der Waals surface area contributed by atoms with E-state index in [0.29, 0.717) is 17.0 Å². The summed E-state index contributed by atoms with van der Waals surface area (Å²) in [7, 11) is 0. The van der Waals surface area contributed by atoms with E-state index in [2.05, 4.69) is 5.16 Å². The lowest BCUT2D eigenvalue weighted by Crippen LogP contribution is -1.99. The summed E-state index contributed by atoms with van der Waals surface area (Å²) in [4.78, 5) is 0. The highest BCUT2D eigenvalue weighted by molar-refractivity contribution is 6.31. The average Bonchev–Trinajstić information content (AvgIpc) is 2.48. The predicted octanol–water partition coefficient (Wildman–Crippen LogP) is 4.26. The van der Waals surface area contributed by atoms with Crippen LogP contribution in [0.4, 0.5) is 4.39 Å². The highest BCUT2D eigenvalue weighted by Gasteiger charge is 2.07. The summed E-state index contributed by atoms with van der Waals surface area (Å²) >= 11 is 5.86. The zero-order valence-electron chi connectivity index (χ0n) is 10.8. The molecule has 2 rings (SSSR count). The highest BCUT2D eigenvalue weighted by Crippen LogP contribution is 2.22. The first-order chi connectivity index (χ1) is 9.61. The van der Waals surface area contributed by atoms with Gasteiger partial charge in [0.1, 0.15) is 18.2 Å². The number of ether oxygens (including phenoxy) is 1. The summed E-state index contributed by atoms with van der Waals surface area (Å²) in [6, 6.07) is 11.7. The molecule has 5 heteroatoms. The van der Waals surface area contributed by atoms with Crippen LogP contribution in [0.3, 0.4) is 0 Å². The van der Waals surface area contributed by atoms with E-state index in [1.54, 1.807) is 43.3 Å². The van der Waals surface area contributed by atoms with E-state index in [9.17, 15) is 4.39 Å². The third-order valence-corrected chi connectivity index (χ3v) is 3.25. The molecular weight excluding hydrogens is 281 g/mol. The summed E-state index contributed by atoms with van der Waals surface area (Å²) in [5.74, 6) is 0.121. The molecule has 2 aromatic carbocycles. The molecule has 0 fully saturated rings. The summed E-state index contributed by atoms with van der Waals surface area (Å²) < 4.78 is 18.9. The van der Waals surface area contributed by atoms with Crippen LogP contribution < -0.4 is 4.74 Å². The Morgan fingerprint density at radius 1 is 1.30 bits per heavy atom. The first-order valence-corrected chi connectivity index (χ1v) is 6.34. The normalized spacial score (nSPS) is 11.4. The first kappa shape index (κ1) is 14.3. The average molecular weight is 294 g/mol. The molecule has 0 atom stereocenters. The van der Waals surface area contributed by atoms with Crippen molar-refractivity contribution in [2.75, 3.05) is 0 Å². The minimum atomic E-state index is -0.468. The molecule has 0 amide bonds. The molecule has 0 spiro atoms. The number of halogens is 2. The van der Waals surface area contributed by atoms with E-state index in [1.165, 1.54) is 6.07 Å². The number of hydrogen-bond donors (Lipinski definition) is 1. The van der Waals surface area contributed by atoms with Gasteiger partial charge in [0.05, 0.1) is 10.7 Å². The molecular formula is C15H13ClFNO2. The molecule has 1 N–H and O–H groups in total. The van der Waals surface area contributed by atoms with Gasteiger partial charge in [0.2, 0.25) is 0 Å². The topological polar surface area (TPSA) is 41.8 Å².